The van der Waals surface area contributed by atoms with Crippen LogP contribution in [0.5, 0.6) is 0 Å². The van der Waals surface area contributed by atoms with Gasteiger partial charge in [0.25, 0.3) is 5.91 Å². The molecule has 3 N–H and O–H groups in total. The van der Waals surface area contributed by atoms with Crippen molar-refractivity contribution in [1.82, 2.24) is 15.5 Å². The van der Waals surface area contributed by atoms with Gasteiger partial charge in [-0.2, -0.15) is 5.10 Å². The summed E-state index contributed by atoms with van der Waals surface area (Å²) in [5.74, 6) is -0.207. The van der Waals surface area contributed by atoms with Crippen molar-refractivity contribution in [2.75, 3.05) is 6.54 Å². The fourth-order valence-corrected chi connectivity index (χ4v) is 2.76. The van der Waals surface area contributed by atoms with Crippen LogP contribution in [0, 0.1) is 0 Å². The number of aromatic amines is 1. The molecule has 1 aromatic carbocycles. The third-order valence-corrected chi connectivity index (χ3v) is 3.83. The minimum absolute atomic E-state index is 0.207. The Morgan fingerprint density at radius 3 is 2.95 bits per heavy atom. The Morgan fingerprint density at radius 2 is 2.14 bits per heavy atom. The van der Waals surface area contributed by atoms with Crippen molar-refractivity contribution in [3.63, 3.8) is 0 Å². The van der Waals surface area contributed by atoms with Gasteiger partial charge in [0.1, 0.15) is 0 Å². The quantitative estimate of drug-likeness (QED) is 0.773. The molecule has 0 radical (unpaired) electrons. The van der Waals surface area contributed by atoms with E-state index in [1.807, 2.05) is 30.3 Å². The lowest BCUT2D eigenvalue weighted by Gasteiger charge is -2.11. The number of fused-ring (bicyclic) bond motifs is 1. The number of hydrogen-bond donors (Lipinski definition) is 3. The number of hydrogen-bond acceptors (Lipinski definition) is 3. The average Bonchev–Trinajstić information content (AvgIpc) is 3.08. The molecule has 1 atom stereocenters. The molecule has 0 fully saturated rings. The van der Waals surface area contributed by atoms with Gasteiger partial charge < -0.3 is 10.4 Å². The highest BCUT2D eigenvalue weighted by molar-refractivity contribution is 5.94. The molecular weight excluding hydrogens is 266 g/mol. The van der Waals surface area contributed by atoms with Gasteiger partial charge in [0, 0.05) is 24.2 Å². The molecule has 1 aliphatic rings. The second-order valence-electron chi connectivity index (χ2n) is 5.44. The van der Waals surface area contributed by atoms with Gasteiger partial charge in [0.2, 0.25) is 0 Å². The van der Waals surface area contributed by atoms with Crippen LogP contribution >= 0.6 is 0 Å². The molecule has 21 heavy (non-hydrogen) atoms. The van der Waals surface area contributed by atoms with E-state index in [9.17, 15) is 9.90 Å². The maximum absolute atomic E-state index is 12.1. The van der Waals surface area contributed by atoms with E-state index >= 15 is 0 Å². The summed E-state index contributed by atoms with van der Waals surface area (Å²) in [5.41, 5.74) is 3.64. The molecule has 5 nitrogen and oxygen atoms in total. The second kappa shape index (κ2) is 6.10. The number of nitrogens with zero attached hydrogens (tertiary/aromatic N) is 1. The Balaban J connectivity index is 1.54. The van der Waals surface area contributed by atoms with E-state index in [1.54, 1.807) is 0 Å². The summed E-state index contributed by atoms with van der Waals surface area (Å²) in [5, 5.41) is 19.8. The monoisotopic (exact) mass is 285 g/mol. The molecule has 1 aromatic heterocycles. The number of nitrogens with one attached hydrogen (secondary N) is 2. The third-order valence-electron chi connectivity index (χ3n) is 3.83. The lowest BCUT2D eigenvalue weighted by Crippen LogP contribution is -2.33. The SMILES string of the molecule is O=C(NCC(O)Cc1ccccc1)c1n[nH]c2c1CCC2. The van der Waals surface area contributed by atoms with E-state index in [0.29, 0.717) is 12.1 Å². The third kappa shape index (κ3) is 3.13. The Morgan fingerprint density at radius 1 is 1.33 bits per heavy atom. The summed E-state index contributed by atoms with van der Waals surface area (Å²) in [4.78, 5) is 12.1. The maximum atomic E-state index is 12.1. The second-order valence-corrected chi connectivity index (χ2v) is 5.44. The normalized spacial score (nSPS) is 14.7. The van der Waals surface area contributed by atoms with Crippen LogP contribution in [-0.2, 0) is 19.3 Å². The smallest absolute Gasteiger partial charge is 0.272 e. The molecule has 110 valence electrons. The Labute approximate surface area is 123 Å². The Kier molecular flexibility index (Phi) is 4.01. The van der Waals surface area contributed by atoms with Crippen molar-refractivity contribution in [3.05, 3.63) is 52.8 Å². The lowest BCUT2D eigenvalue weighted by molar-refractivity contribution is 0.0910. The molecule has 3 rings (SSSR count). The number of aliphatic hydroxyl groups is 1. The first-order valence-electron chi connectivity index (χ1n) is 7.30. The Hall–Kier alpha value is -2.14. The predicted octanol–water partition coefficient (Wildman–Crippen LogP) is 1.23. The molecular formula is C16H19N3O2. The van der Waals surface area contributed by atoms with Crippen LogP contribution < -0.4 is 5.32 Å². The van der Waals surface area contributed by atoms with Crippen LogP contribution in [0.2, 0.25) is 0 Å². The van der Waals surface area contributed by atoms with Crippen molar-refractivity contribution in [3.8, 4) is 0 Å². The Bertz CT molecular complexity index is 622. The average molecular weight is 285 g/mol. The maximum Gasteiger partial charge on any atom is 0.272 e. The fraction of sp³-hybridized carbons (Fsp3) is 0.375. The van der Waals surface area contributed by atoms with Gasteiger partial charge in [-0.1, -0.05) is 30.3 Å². The molecule has 1 unspecified atom stereocenters. The molecule has 0 saturated carbocycles. The topological polar surface area (TPSA) is 78.0 Å². The van der Waals surface area contributed by atoms with Crippen molar-refractivity contribution >= 4 is 5.91 Å². The van der Waals surface area contributed by atoms with Gasteiger partial charge in [0.15, 0.2) is 5.69 Å². The lowest BCUT2D eigenvalue weighted by atomic mass is 10.1. The van der Waals surface area contributed by atoms with Crippen LogP contribution in [-0.4, -0.2) is 33.9 Å². The van der Waals surface area contributed by atoms with Gasteiger partial charge in [-0.3, -0.25) is 9.89 Å². The fourth-order valence-electron chi connectivity index (χ4n) is 2.76. The molecule has 5 heteroatoms. The van der Waals surface area contributed by atoms with Crippen molar-refractivity contribution in [2.45, 2.75) is 31.8 Å². The molecule has 1 heterocycles. The highest BCUT2D eigenvalue weighted by atomic mass is 16.3. The predicted molar refractivity (Wildman–Crippen MR) is 79.1 cm³/mol. The number of aliphatic hydroxyl groups excluding tert-OH is 1. The number of carbonyl (C=O) groups excluding carboxylic acids is 1. The van der Waals surface area contributed by atoms with Crippen molar-refractivity contribution < 1.29 is 9.90 Å². The zero-order valence-electron chi connectivity index (χ0n) is 11.8. The van der Waals surface area contributed by atoms with Crippen molar-refractivity contribution in [2.24, 2.45) is 0 Å². The summed E-state index contributed by atoms with van der Waals surface area (Å²) in [6.45, 7) is 0.232. The number of rotatable bonds is 5. The summed E-state index contributed by atoms with van der Waals surface area (Å²) < 4.78 is 0. The molecule has 2 aromatic rings. The zero-order chi connectivity index (χ0) is 14.7. The van der Waals surface area contributed by atoms with E-state index in [1.165, 1.54) is 0 Å². The highest BCUT2D eigenvalue weighted by Gasteiger charge is 2.23. The van der Waals surface area contributed by atoms with Gasteiger partial charge in [0.05, 0.1) is 6.10 Å². The van der Waals surface area contributed by atoms with Gasteiger partial charge >= 0.3 is 0 Å². The van der Waals surface area contributed by atoms with E-state index in [-0.39, 0.29) is 12.5 Å². The van der Waals surface area contributed by atoms with Crippen molar-refractivity contribution in [1.29, 1.82) is 0 Å². The van der Waals surface area contributed by atoms with E-state index in [4.69, 9.17) is 0 Å². The van der Waals surface area contributed by atoms with Crippen LogP contribution in [0.1, 0.15) is 33.7 Å². The number of H-pyrrole nitrogens is 1. The largest absolute Gasteiger partial charge is 0.391 e. The van der Waals surface area contributed by atoms with Gasteiger partial charge in [-0.05, 0) is 24.8 Å². The molecule has 0 saturated heterocycles. The minimum atomic E-state index is -0.594. The van der Waals surface area contributed by atoms with Crippen LogP contribution in [0.4, 0.5) is 0 Å². The van der Waals surface area contributed by atoms with Gasteiger partial charge in [-0.15, -0.1) is 0 Å². The molecule has 1 amide bonds. The van der Waals surface area contributed by atoms with Crippen LogP contribution in [0.15, 0.2) is 30.3 Å². The molecule has 0 bridgehead atoms. The summed E-state index contributed by atoms with van der Waals surface area (Å²) >= 11 is 0. The van der Waals surface area contributed by atoms with Crippen LogP contribution in [0.25, 0.3) is 0 Å². The number of aryl methyl sites for hydroxylation is 1. The number of amides is 1. The molecule has 1 aliphatic carbocycles. The van der Waals surface area contributed by atoms with E-state index < -0.39 is 6.10 Å². The first-order chi connectivity index (χ1) is 10.2. The summed E-state index contributed by atoms with van der Waals surface area (Å²) in [7, 11) is 0. The van der Waals surface area contributed by atoms with Gasteiger partial charge in [-0.25, -0.2) is 0 Å². The molecule has 0 aliphatic heterocycles. The highest BCUT2D eigenvalue weighted by Crippen LogP contribution is 2.22. The minimum Gasteiger partial charge on any atom is -0.391 e. The number of aromatic nitrogens is 2. The van der Waals surface area contributed by atoms with E-state index in [2.05, 4.69) is 15.5 Å². The van der Waals surface area contributed by atoms with E-state index in [0.717, 1.165) is 36.1 Å². The summed E-state index contributed by atoms with van der Waals surface area (Å²) in [6.07, 6.45) is 2.87. The van der Waals surface area contributed by atoms with Crippen LogP contribution in [0.3, 0.4) is 0 Å². The zero-order valence-corrected chi connectivity index (χ0v) is 11.8. The first-order valence-corrected chi connectivity index (χ1v) is 7.30. The summed E-state index contributed by atoms with van der Waals surface area (Å²) in [6, 6.07) is 9.74. The number of carbonyl (C=O) groups is 1. The standard InChI is InChI=1S/C16H19N3O2/c20-12(9-11-5-2-1-3-6-11)10-17-16(21)15-13-7-4-8-14(13)18-19-15/h1-3,5-6,12,20H,4,7-10H2,(H,17,21)(H,18,19). The molecule has 0 spiro atoms. The first kappa shape index (κ1) is 13.8. The number of benzene rings is 1.